The molecule has 0 saturated carbocycles. The van der Waals surface area contributed by atoms with Gasteiger partial charge in [-0.25, -0.2) is 4.98 Å². The number of nitrogens with one attached hydrogen (secondary N) is 1. The smallest absolute Gasteiger partial charge is 0.256 e. The van der Waals surface area contributed by atoms with Gasteiger partial charge in [-0.15, -0.1) is 0 Å². The highest BCUT2D eigenvalue weighted by Gasteiger charge is 2.21. The van der Waals surface area contributed by atoms with Crippen molar-refractivity contribution in [3.8, 4) is 23.1 Å². The zero-order valence-electron chi connectivity index (χ0n) is 19.9. The second-order valence-electron chi connectivity index (χ2n) is 8.49. The third-order valence-corrected chi connectivity index (χ3v) is 6.90. The van der Waals surface area contributed by atoms with Crippen molar-refractivity contribution in [3.05, 3.63) is 112 Å². The molecule has 0 saturated heterocycles. The highest BCUT2D eigenvalue weighted by atomic mass is 32.1. The topological polar surface area (TPSA) is 75.0 Å². The van der Waals surface area contributed by atoms with Gasteiger partial charge in [-0.05, 0) is 49.8 Å². The van der Waals surface area contributed by atoms with Crippen molar-refractivity contribution >= 4 is 33.9 Å². The third-order valence-electron chi connectivity index (χ3n) is 5.89. The summed E-state index contributed by atoms with van der Waals surface area (Å²) in [5.41, 5.74) is 5.39. The minimum atomic E-state index is -0.224. The maximum absolute atomic E-state index is 13.0. The Balaban J connectivity index is 1.54. The molecule has 0 spiro atoms. The zero-order valence-corrected chi connectivity index (χ0v) is 20.7. The summed E-state index contributed by atoms with van der Waals surface area (Å²) in [7, 11) is 0. The van der Waals surface area contributed by atoms with Crippen LogP contribution in [-0.2, 0) is 0 Å². The van der Waals surface area contributed by atoms with Gasteiger partial charge in [0, 0.05) is 16.7 Å². The average molecular weight is 490 g/mol. The van der Waals surface area contributed by atoms with Crippen LogP contribution >= 0.6 is 11.3 Å². The Labute approximate surface area is 214 Å². The zero-order chi connectivity index (χ0) is 25.1. The van der Waals surface area contributed by atoms with Crippen LogP contribution in [0.4, 0.5) is 5.00 Å². The summed E-state index contributed by atoms with van der Waals surface area (Å²) < 4.78 is 6.04. The second-order valence-corrected chi connectivity index (χ2v) is 9.49. The summed E-state index contributed by atoms with van der Waals surface area (Å²) in [6.45, 7) is 3.93. The van der Waals surface area contributed by atoms with Crippen LogP contribution in [0.3, 0.4) is 0 Å². The van der Waals surface area contributed by atoms with Crippen molar-refractivity contribution in [2.75, 3.05) is 5.32 Å². The van der Waals surface area contributed by atoms with Crippen molar-refractivity contribution in [3.63, 3.8) is 0 Å². The molecule has 1 N–H and O–H groups in total. The highest BCUT2D eigenvalue weighted by molar-refractivity contribution is 7.17. The number of nitriles is 1. The van der Waals surface area contributed by atoms with E-state index in [0.29, 0.717) is 26.8 Å². The molecule has 1 atom stereocenters. The van der Waals surface area contributed by atoms with Gasteiger partial charge in [0.15, 0.2) is 0 Å². The van der Waals surface area contributed by atoms with Gasteiger partial charge in [-0.3, -0.25) is 4.79 Å². The van der Waals surface area contributed by atoms with Crippen molar-refractivity contribution < 1.29 is 9.53 Å². The molecule has 176 valence electrons. The van der Waals surface area contributed by atoms with Gasteiger partial charge < -0.3 is 10.1 Å². The van der Waals surface area contributed by atoms with Crippen molar-refractivity contribution in [2.45, 2.75) is 20.0 Å². The number of anilines is 1. The fourth-order valence-corrected chi connectivity index (χ4v) is 4.87. The van der Waals surface area contributed by atoms with E-state index < -0.39 is 0 Å². The largest absolute Gasteiger partial charge is 0.485 e. The van der Waals surface area contributed by atoms with E-state index in [1.165, 1.54) is 11.3 Å². The van der Waals surface area contributed by atoms with Crippen LogP contribution in [0.2, 0.25) is 0 Å². The van der Waals surface area contributed by atoms with Crippen LogP contribution < -0.4 is 10.1 Å². The number of thiazole rings is 1. The minimum absolute atomic E-state index is 0.211. The van der Waals surface area contributed by atoms with Crippen molar-refractivity contribution in [1.29, 1.82) is 5.26 Å². The van der Waals surface area contributed by atoms with Crippen molar-refractivity contribution in [2.24, 2.45) is 0 Å². The fraction of sp³-hybridized carbons (Fsp3) is 0.100. The first kappa shape index (κ1) is 23.3. The second kappa shape index (κ2) is 10.0. The lowest BCUT2D eigenvalue weighted by molar-refractivity contribution is 0.102. The Hall–Kier alpha value is -4.47. The average Bonchev–Trinajstić information content (AvgIpc) is 3.31. The van der Waals surface area contributed by atoms with Crippen LogP contribution in [0.25, 0.3) is 22.9 Å². The molecule has 0 bridgehead atoms. The number of allylic oxidation sites excluding steroid dienone is 1. The number of fused-ring (bicyclic) bond motifs is 1. The lowest BCUT2D eigenvalue weighted by atomic mass is 10.0. The molecule has 0 fully saturated rings. The van der Waals surface area contributed by atoms with Crippen LogP contribution in [-0.4, -0.2) is 17.0 Å². The maximum atomic E-state index is 13.0. The number of ether oxygens (including phenoxy) is 1. The van der Waals surface area contributed by atoms with E-state index in [1.54, 1.807) is 12.1 Å². The van der Waals surface area contributed by atoms with Crippen LogP contribution in [0.1, 0.15) is 33.4 Å². The number of hydrogen-bond acceptors (Lipinski definition) is 5. The van der Waals surface area contributed by atoms with E-state index in [-0.39, 0.29) is 12.0 Å². The number of nitrogens with zero attached hydrogens (tertiary/aromatic N) is 2. The Bertz CT molecular complexity index is 1530. The molecular weight excluding hydrogens is 466 g/mol. The lowest BCUT2D eigenvalue weighted by Gasteiger charge is -2.22. The molecule has 1 amide bonds. The van der Waals surface area contributed by atoms with Crippen LogP contribution in [0, 0.1) is 18.3 Å². The molecular formula is C30H23N3O2S. The number of para-hydroxylation sites is 1. The van der Waals surface area contributed by atoms with Crippen molar-refractivity contribution in [1.82, 2.24) is 4.98 Å². The molecule has 3 aromatic carbocycles. The summed E-state index contributed by atoms with van der Waals surface area (Å²) in [6, 6.07) is 27.1. The predicted octanol–water partition coefficient (Wildman–Crippen LogP) is 7.14. The van der Waals surface area contributed by atoms with Gasteiger partial charge in [0.1, 0.15) is 33.6 Å². The Morgan fingerprint density at radius 1 is 1.06 bits per heavy atom. The van der Waals surface area contributed by atoms with E-state index >= 15 is 0 Å². The number of rotatable bonds is 5. The molecule has 0 radical (unpaired) electrons. The summed E-state index contributed by atoms with van der Waals surface area (Å²) in [5, 5.41) is 14.2. The van der Waals surface area contributed by atoms with Crippen LogP contribution in [0.15, 0.2) is 90.5 Å². The van der Waals surface area contributed by atoms with Gasteiger partial charge in [0.05, 0.1) is 5.57 Å². The molecule has 1 aromatic heterocycles. The van der Waals surface area contributed by atoms with Crippen LogP contribution in [0.5, 0.6) is 5.75 Å². The molecule has 0 aliphatic carbocycles. The van der Waals surface area contributed by atoms with E-state index in [0.717, 1.165) is 28.0 Å². The summed E-state index contributed by atoms with van der Waals surface area (Å²) in [6.07, 6.45) is 3.64. The quantitative estimate of drug-likeness (QED) is 0.302. The summed E-state index contributed by atoms with van der Waals surface area (Å²) in [4.78, 5) is 17.8. The number of carbonyl (C=O) groups excluding carboxylic acids is 1. The van der Waals surface area contributed by atoms with Gasteiger partial charge in [-0.1, -0.05) is 77.6 Å². The lowest BCUT2D eigenvalue weighted by Crippen LogP contribution is -2.17. The standard InChI is InChI=1S/C30H23N3O2S/c1-19-12-14-22(15-13-19)28(34)33-30-27(21-8-4-3-5-9-21)32-29(36-30)25(18-31)17-24-16-23-10-6-7-11-26(23)35-20(24)2/h3-17,20H,1-2H3,(H,33,34)/b25-17+. The third kappa shape index (κ3) is 4.83. The van der Waals surface area contributed by atoms with E-state index in [2.05, 4.69) is 11.4 Å². The monoisotopic (exact) mass is 489 g/mol. The Morgan fingerprint density at radius 2 is 1.78 bits per heavy atom. The molecule has 1 aliphatic heterocycles. The summed E-state index contributed by atoms with van der Waals surface area (Å²) >= 11 is 1.29. The molecule has 6 heteroatoms. The van der Waals surface area contributed by atoms with Gasteiger partial charge in [0.2, 0.25) is 0 Å². The fourth-order valence-electron chi connectivity index (χ4n) is 3.92. The first-order valence-electron chi connectivity index (χ1n) is 11.6. The van der Waals surface area contributed by atoms with Gasteiger partial charge in [-0.2, -0.15) is 5.26 Å². The molecule has 36 heavy (non-hydrogen) atoms. The number of aryl methyl sites for hydroxylation is 1. The molecule has 1 aliphatic rings. The van der Waals surface area contributed by atoms with E-state index in [1.807, 2.05) is 92.7 Å². The number of benzene rings is 3. The number of amides is 1. The van der Waals surface area contributed by atoms with E-state index in [9.17, 15) is 10.1 Å². The number of hydrogen-bond donors (Lipinski definition) is 1. The maximum Gasteiger partial charge on any atom is 0.256 e. The number of aromatic nitrogens is 1. The molecule has 2 heterocycles. The summed E-state index contributed by atoms with van der Waals surface area (Å²) in [5.74, 6) is 0.598. The minimum Gasteiger partial charge on any atom is -0.485 e. The first-order chi connectivity index (χ1) is 17.5. The Morgan fingerprint density at radius 3 is 2.53 bits per heavy atom. The first-order valence-corrected chi connectivity index (χ1v) is 12.4. The Kier molecular flexibility index (Phi) is 6.48. The SMILES string of the molecule is Cc1ccc(C(=O)Nc2sc(/C(C#N)=C/C3=Cc4ccccc4OC3C)nc2-c2ccccc2)cc1. The molecule has 1 unspecified atom stereocenters. The number of carbonyl (C=O) groups is 1. The van der Waals surface area contributed by atoms with Gasteiger partial charge in [0.25, 0.3) is 5.91 Å². The van der Waals surface area contributed by atoms with Gasteiger partial charge >= 0.3 is 0 Å². The molecule has 5 nitrogen and oxygen atoms in total. The normalized spacial score (nSPS) is 14.8. The highest BCUT2D eigenvalue weighted by Crippen LogP contribution is 2.37. The van der Waals surface area contributed by atoms with E-state index in [4.69, 9.17) is 9.72 Å². The predicted molar refractivity (Wildman–Crippen MR) is 145 cm³/mol. The molecule has 4 aromatic rings. The molecule has 5 rings (SSSR count).